The van der Waals surface area contributed by atoms with Crippen LogP contribution < -0.4 is 4.90 Å². The quantitative estimate of drug-likeness (QED) is 0.943. The molecule has 0 saturated carbocycles. The number of aromatic carboxylic acids is 1. The van der Waals surface area contributed by atoms with Crippen molar-refractivity contribution < 1.29 is 18.7 Å². The van der Waals surface area contributed by atoms with Crippen molar-refractivity contribution in [3.05, 3.63) is 47.1 Å². The molecule has 0 spiro atoms. The molecule has 116 valence electrons. The topological polar surface area (TPSA) is 66.6 Å². The average Bonchev–Trinajstić information content (AvgIpc) is 2.90. The summed E-state index contributed by atoms with van der Waals surface area (Å²) >= 11 is 0. The lowest BCUT2D eigenvalue weighted by atomic mass is 9.89. The Bertz CT molecular complexity index is 673. The van der Waals surface area contributed by atoms with Crippen molar-refractivity contribution in [3.63, 3.8) is 0 Å². The zero-order chi connectivity index (χ0) is 15.7. The van der Waals surface area contributed by atoms with Crippen molar-refractivity contribution in [1.29, 1.82) is 0 Å². The van der Waals surface area contributed by atoms with Crippen molar-refractivity contribution >= 4 is 12.0 Å². The number of hydrogen-bond donors (Lipinski definition) is 1. The molecule has 1 N–H and O–H groups in total. The summed E-state index contributed by atoms with van der Waals surface area (Å²) in [6.07, 6.45) is 1.80. The van der Waals surface area contributed by atoms with Gasteiger partial charge in [0.1, 0.15) is 5.82 Å². The molecule has 2 aromatic rings. The Hall–Kier alpha value is -2.37. The lowest BCUT2D eigenvalue weighted by Gasteiger charge is -2.31. The third-order valence-corrected chi connectivity index (χ3v) is 4.09. The first-order valence-electron chi connectivity index (χ1n) is 7.25. The SMILES string of the molecule is Cc1nc(N2CCC(c3ccc(F)cc3)CC2)oc1C(=O)O. The van der Waals surface area contributed by atoms with Gasteiger partial charge in [0.25, 0.3) is 6.01 Å². The normalized spacial score (nSPS) is 16.0. The molecule has 1 aromatic carbocycles. The minimum Gasteiger partial charge on any atom is -0.475 e. The molecule has 1 aromatic heterocycles. The number of rotatable bonds is 3. The number of aryl methyl sites for hydroxylation is 1. The first-order valence-corrected chi connectivity index (χ1v) is 7.25. The number of nitrogens with zero attached hydrogens (tertiary/aromatic N) is 2. The number of carboxylic acids is 1. The molecule has 0 unspecified atom stereocenters. The van der Waals surface area contributed by atoms with Crippen molar-refractivity contribution in [2.45, 2.75) is 25.7 Å². The van der Waals surface area contributed by atoms with Gasteiger partial charge in [-0.1, -0.05) is 12.1 Å². The highest BCUT2D eigenvalue weighted by Gasteiger charge is 2.25. The Kier molecular flexibility index (Phi) is 3.83. The molecule has 1 saturated heterocycles. The van der Waals surface area contributed by atoms with Crippen LogP contribution in [0, 0.1) is 12.7 Å². The first-order chi connectivity index (χ1) is 10.5. The van der Waals surface area contributed by atoms with E-state index in [0.29, 0.717) is 17.6 Å². The van der Waals surface area contributed by atoms with E-state index in [1.165, 1.54) is 12.1 Å². The molecular weight excluding hydrogens is 287 g/mol. The monoisotopic (exact) mass is 304 g/mol. The van der Waals surface area contributed by atoms with E-state index in [4.69, 9.17) is 9.52 Å². The van der Waals surface area contributed by atoms with Gasteiger partial charge in [-0.05, 0) is 43.4 Å². The van der Waals surface area contributed by atoms with Gasteiger partial charge < -0.3 is 14.4 Å². The lowest BCUT2D eigenvalue weighted by molar-refractivity contribution is 0.0662. The summed E-state index contributed by atoms with van der Waals surface area (Å²) in [6.45, 7) is 3.10. The number of carboxylic acid groups (broad SMARTS) is 1. The van der Waals surface area contributed by atoms with Gasteiger partial charge in [-0.2, -0.15) is 4.98 Å². The second-order valence-corrected chi connectivity index (χ2v) is 5.53. The van der Waals surface area contributed by atoms with Crippen LogP contribution in [0.1, 0.15) is 40.6 Å². The van der Waals surface area contributed by atoms with E-state index in [-0.39, 0.29) is 11.6 Å². The van der Waals surface area contributed by atoms with Crippen LogP contribution >= 0.6 is 0 Å². The van der Waals surface area contributed by atoms with Gasteiger partial charge in [0.2, 0.25) is 5.76 Å². The number of piperidine rings is 1. The van der Waals surface area contributed by atoms with Crippen LogP contribution in [0.15, 0.2) is 28.7 Å². The number of benzene rings is 1. The maximum atomic E-state index is 13.0. The fourth-order valence-electron chi connectivity index (χ4n) is 2.85. The second kappa shape index (κ2) is 5.79. The highest BCUT2D eigenvalue weighted by molar-refractivity contribution is 5.85. The number of hydrogen-bond acceptors (Lipinski definition) is 4. The van der Waals surface area contributed by atoms with Crippen LogP contribution in [0.5, 0.6) is 0 Å². The first kappa shape index (κ1) is 14.6. The Balaban J connectivity index is 1.67. The highest BCUT2D eigenvalue weighted by Crippen LogP contribution is 2.30. The van der Waals surface area contributed by atoms with Crippen molar-refractivity contribution in [2.75, 3.05) is 18.0 Å². The zero-order valence-corrected chi connectivity index (χ0v) is 12.3. The van der Waals surface area contributed by atoms with Crippen molar-refractivity contribution in [2.24, 2.45) is 0 Å². The smallest absolute Gasteiger partial charge is 0.373 e. The van der Waals surface area contributed by atoms with Crippen LogP contribution in [0.2, 0.25) is 0 Å². The molecule has 0 atom stereocenters. The van der Waals surface area contributed by atoms with E-state index >= 15 is 0 Å². The predicted molar refractivity (Wildman–Crippen MR) is 78.8 cm³/mol. The fraction of sp³-hybridized carbons (Fsp3) is 0.375. The molecule has 22 heavy (non-hydrogen) atoms. The summed E-state index contributed by atoms with van der Waals surface area (Å²) in [5, 5.41) is 9.01. The molecule has 1 aliphatic rings. The van der Waals surface area contributed by atoms with Gasteiger partial charge in [-0.3, -0.25) is 0 Å². The number of anilines is 1. The third kappa shape index (κ3) is 2.81. The number of aromatic nitrogens is 1. The summed E-state index contributed by atoms with van der Waals surface area (Å²) in [5.74, 6) is -1.04. The molecule has 1 fully saturated rings. The number of carbonyl (C=O) groups is 1. The summed E-state index contributed by atoms with van der Waals surface area (Å²) < 4.78 is 18.3. The molecule has 3 rings (SSSR count). The van der Waals surface area contributed by atoms with Crippen LogP contribution in [0.4, 0.5) is 10.4 Å². The Morgan fingerprint density at radius 2 is 1.95 bits per heavy atom. The van der Waals surface area contributed by atoms with Crippen LogP contribution in [0.3, 0.4) is 0 Å². The van der Waals surface area contributed by atoms with Gasteiger partial charge in [-0.15, -0.1) is 0 Å². The van der Waals surface area contributed by atoms with Gasteiger partial charge in [-0.25, -0.2) is 9.18 Å². The van der Waals surface area contributed by atoms with Crippen molar-refractivity contribution in [3.8, 4) is 0 Å². The third-order valence-electron chi connectivity index (χ3n) is 4.09. The molecule has 5 nitrogen and oxygen atoms in total. The fourth-order valence-corrected chi connectivity index (χ4v) is 2.85. The summed E-state index contributed by atoms with van der Waals surface area (Å²) in [7, 11) is 0. The summed E-state index contributed by atoms with van der Waals surface area (Å²) in [6, 6.07) is 6.99. The largest absolute Gasteiger partial charge is 0.475 e. The molecule has 0 aliphatic carbocycles. The summed E-state index contributed by atoms with van der Waals surface area (Å²) in [4.78, 5) is 17.2. The maximum Gasteiger partial charge on any atom is 0.373 e. The lowest BCUT2D eigenvalue weighted by Crippen LogP contribution is -2.33. The Morgan fingerprint density at radius 3 is 2.50 bits per heavy atom. The number of halogens is 1. The molecule has 1 aliphatic heterocycles. The number of oxazole rings is 1. The highest BCUT2D eigenvalue weighted by atomic mass is 19.1. The van der Waals surface area contributed by atoms with E-state index in [1.54, 1.807) is 6.92 Å². The average molecular weight is 304 g/mol. The molecular formula is C16H17FN2O3. The molecule has 0 bridgehead atoms. The van der Waals surface area contributed by atoms with E-state index in [0.717, 1.165) is 31.5 Å². The van der Waals surface area contributed by atoms with E-state index in [1.807, 2.05) is 17.0 Å². The van der Waals surface area contributed by atoms with Crippen LogP contribution in [-0.4, -0.2) is 29.1 Å². The standard InChI is InChI=1S/C16H17FN2O3/c1-10-14(15(20)21)22-16(18-10)19-8-6-12(7-9-19)11-2-4-13(17)5-3-11/h2-5,12H,6-9H2,1H3,(H,20,21). The second-order valence-electron chi connectivity index (χ2n) is 5.53. The predicted octanol–water partition coefficient (Wildman–Crippen LogP) is 3.20. The van der Waals surface area contributed by atoms with Gasteiger partial charge in [0, 0.05) is 13.1 Å². The molecule has 6 heteroatoms. The van der Waals surface area contributed by atoms with Crippen LogP contribution in [-0.2, 0) is 0 Å². The van der Waals surface area contributed by atoms with E-state index in [2.05, 4.69) is 4.98 Å². The minimum atomic E-state index is -1.10. The molecule has 0 radical (unpaired) electrons. The maximum absolute atomic E-state index is 13.0. The Labute approximate surface area is 127 Å². The summed E-state index contributed by atoms with van der Waals surface area (Å²) in [5.41, 5.74) is 1.53. The molecule has 0 amide bonds. The Morgan fingerprint density at radius 1 is 1.32 bits per heavy atom. The van der Waals surface area contributed by atoms with Crippen LogP contribution in [0.25, 0.3) is 0 Å². The van der Waals surface area contributed by atoms with Gasteiger partial charge >= 0.3 is 5.97 Å². The molecule has 2 heterocycles. The minimum absolute atomic E-state index is 0.101. The van der Waals surface area contributed by atoms with Gasteiger partial charge in [0.05, 0.1) is 5.69 Å². The van der Waals surface area contributed by atoms with Gasteiger partial charge in [0.15, 0.2) is 0 Å². The van der Waals surface area contributed by atoms with Crippen molar-refractivity contribution in [1.82, 2.24) is 4.98 Å². The van der Waals surface area contributed by atoms with E-state index < -0.39 is 5.97 Å². The zero-order valence-electron chi connectivity index (χ0n) is 12.3. The van der Waals surface area contributed by atoms with E-state index in [9.17, 15) is 9.18 Å².